The van der Waals surface area contributed by atoms with Crippen LogP contribution in [0, 0.1) is 11.8 Å². The Hall–Kier alpha value is -0.980. The molecule has 0 fully saturated rings. The third kappa shape index (κ3) is 197. The second-order valence-corrected chi connectivity index (χ2v) is 19.7. The normalized spacial score (nSPS) is 9.54. The quantitative estimate of drug-likeness (QED) is 0.0493. The molecule has 0 saturated carbocycles. The van der Waals surface area contributed by atoms with E-state index in [1.54, 1.807) is 14.0 Å². The number of methoxy groups -OCH3 is 2. The van der Waals surface area contributed by atoms with Gasteiger partial charge in [0.2, 0.25) is 0 Å². The highest BCUT2D eigenvalue weighted by atomic mass is 16.5. The molecular weight excluding hydrogens is 911 g/mol. The van der Waals surface area contributed by atoms with Crippen LogP contribution in [0.1, 0.15) is 377 Å². The molecule has 0 aliphatic heterocycles. The van der Waals surface area contributed by atoms with Crippen molar-refractivity contribution < 1.29 is 24.2 Å². The predicted molar refractivity (Wildman–Crippen MR) is 348 cm³/mol. The summed E-state index contributed by atoms with van der Waals surface area (Å²) >= 11 is 0. The predicted octanol–water partition coefficient (Wildman–Crippen LogP) is 24.1. The second-order valence-electron chi connectivity index (χ2n) is 19.7. The fraction of sp³-hybridized carbons (Fsp3) is 0.971. The average molecular weight is 1070 g/mol. The largest absolute Gasteiger partial charge is 0.471 e. The number of unbranched alkanes of at least 4 members (excludes halogenated alkanes) is 26. The lowest BCUT2D eigenvalue weighted by molar-refractivity contribution is -0.126. The van der Waals surface area contributed by atoms with Crippen LogP contribution in [0.25, 0.3) is 0 Å². The van der Waals surface area contributed by atoms with Gasteiger partial charge in [-0.05, 0) is 57.7 Å². The Balaban J connectivity index is -0.0000000603. The molecular formula is C68H157NO5. The van der Waals surface area contributed by atoms with E-state index in [0.717, 1.165) is 18.4 Å². The van der Waals surface area contributed by atoms with E-state index in [1.165, 1.54) is 258 Å². The number of hydrogen-bond acceptors (Lipinski definition) is 6. The summed E-state index contributed by atoms with van der Waals surface area (Å²) in [4.78, 5) is 19.7. The zero-order valence-electron chi connectivity index (χ0n) is 57.0. The van der Waals surface area contributed by atoms with E-state index < -0.39 is 0 Å². The molecule has 0 aliphatic rings. The fourth-order valence-electron chi connectivity index (χ4n) is 5.73. The van der Waals surface area contributed by atoms with Gasteiger partial charge in [-0.1, -0.05) is 350 Å². The lowest BCUT2D eigenvalue weighted by Gasteiger charge is -2.22. The van der Waals surface area contributed by atoms with Crippen molar-refractivity contribution in [1.29, 1.82) is 0 Å². The number of aliphatic hydroxyl groups is 1. The van der Waals surface area contributed by atoms with E-state index in [-0.39, 0.29) is 6.61 Å². The van der Waals surface area contributed by atoms with Crippen LogP contribution in [0.3, 0.4) is 0 Å². The number of carbonyl (C=O) groups is 2. The van der Waals surface area contributed by atoms with Gasteiger partial charge in [-0.25, -0.2) is 0 Å². The first-order chi connectivity index (χ1) is 35.8. The maximum atomic E-state index is 8.95. The number of nitrogens with zero attached hydrogens (tertiary/aromatic N) is 1. The molecule has 0 amide bonds. The van der Waals surface area contributed by atoms with Crippen LogP contribution < -0.4 is 0 Å². The highest BCUT2D eigenvalue weighted by Gasteiger charge is 2.04. The van der Waals surface area contributed by atoms with E-state index in [0.29, 0.717) is 6.47 Å². The van der Waals surface area contributed by atoms with Crippen LogP contribution in [-0.4, -0.2) is 70.3 Å². The molecule has 1 N–H and O–H groups in total. The second kappa shape index (κ2) is 134. The summed E-state index contributed by atoms with van der Waals surface area (Å²) in [6, 6.07) is 0. The molecule has 74 heavy (non-hydrogen) atoms. The van der Waals surface area contributed by atoms with Crippen LogP contribution >= 0.6 is 0 Å². The molecule has 1 unspecified atom stereocenters. The summed E-state index contributed by atoms with van der Waals surface area (Å²) < 4.78 is 8.76. The van der Waals surface area contributed by atoms with Crippen molar-refractivity contribution >= 4 is 13.3 Å². The van der Waals surface area contributed by atoms with Crippen LogP contribution in [-0.2, 0) is 19.1 Å². The molecule has 0 radical (unpaired) electrons. The minimum absolute atomic E-state index is 0.250. The Morgan fingerprint density at radius 1 is 0.378 bits per heavy atom. The lowest BCUT2D eigenvalue weighted by Crippen LogP contribution is -2.27. The number of carbonyl (C=O) groups excluding carboxylic acids is 2. The number of hydrogen-bond donors (Lipinski definition) is 1. The van der Waals surface area contributed by atoms with Crippen LogP contribution in [0.15, 0.2) is 0 Å². The minimum atomic E-state index is 0.250. The maximum Gasteiger partial charge on any atom is 0.292 e. The third-order valence-corrected chi connectivity index (χ3v) is 11.4. The van der Waals surface area contributed by atoms with Crippen LogP contribution in [0.4, 0.5) is 0 Å². The summed E-state index contributed by atoms with van der Waals surface area (Å²) in [5, 5.41) is 7.57. The standard InChI is InChI=1S/C17H37N.C11H24.C7H16.C6H14O.C6H14.2C5H12.C4H10.C2H4O2.C2H6O.C2H6.CH2O/c1-4-7-10-12-14-17-18(15-9-6-3)16-13-11-8-5-2;1-3-5-7-9-11-10-8-6-4-2;1-3-5-7-6-4-2;1-4-6(2)5-7-3;1-3-5-6-4-2;1-4-5(2)3;1-3-5-4-2;1-3-4-2;1-4-2-3;1-2-3;2*1-2/h4-17H2,1-3H3;3-11H2,1-2H3;3-7H2,1-2H3;6H,4-5H2,1-3H3;3-6H2,1-2H3;5H,4H2,1-3H3;3-5H2,1-2H3;3-4H2,1-2H3;2H,1H3;3H,2H2,1H3;1-2H3;1H2. The molecule has 464 valence electrons. The minimum Gasteiger partial charge on any atom is -0.471 e. The van der Waals surface area contributed by atoms with Gasteiger partial charge in [0, 0.05) is 20.3 Å². The van der Waals surface area contributed by atoms with E-state index in [2.05, 4.69) is 134 Å². The fourth-order valence-corrected chi connectivity index (χ4v) is 5.73. The first-order valence-electron chi connectivity index (χ1n) is 32.9. The molecule has 0 saturated heterocycles. The smallest absolute Gasteiger partial charge is 0.292 e. The van der Waals surface area contributed by atoms with Gasteiger partial charge in [-0.2, -0.15) is 0 Å². The van der Waals surface area contributed by atoms with E-state index >= 15 is 0 Å². The summed E-state index contributed by atoms with van der Waals surface area (Å²) in [6.07, 6.45) is 50.1. The monoisotopic (exact) mass is 1070 g/mol. The SMILES string of the molecule is C=O.CC.CCC(C)C.CCC(C)COC.CCCC.CCCCC.CCCCCC.CCCCCCC.CCCCCCCCCCC.CCCCCCCN(CCCC)CCCCCC.CCO.COC=O. The van der Waals surface area contributed by atoms with Gasteiger partial charge >= 0.3 is 0 Å². The van der Waals surface area contributed by atoms with Crippen molar-refractivity contribution in [3.8, 4) is 0 Å². The van der Waals surface area contributed by atoms with Crippen molar-refractivity contribution in [3.63, 3.8) is 0 Å². The Kier molecular flexibility index (Phi) is 185. The summed E-state index contributed by atoms with van der Waals surface area (Å²) in [5.74, 6) is 1.61. The zero-order valence-corrected chi connectivity index (χ0v) is 57.0. The van der Waals surface area contributed by atoms with Gasteiger partial charge in [0.05, 0.1) is 7.11 Å². The van der Waals surface area contributed by atoms with Gasteiger partial charge in [0.1, 0.15) is 6.79 Å². The highest BCUT2D eigenvalue weighted by Crippen LogP contribution is 2.10. The topological polar surface area (TPSA) is 76.1 Å². The lowest BCUT2D eigenvalue weighted by atomic mass is 10.1. The molecule has 6 nitrogen and oxygen atoms in total. The maximum absolute atomic E-state index is 8.95. The van der Waals surface area contributed by atoms with Crippen molar-refractivity contribution in [2.45, 2.75) is 377 Å². The Morgan fingerprint density at radius 3 is 0.757 bits per heavy atom. The molecule has 0 bridgehead atoms. The molecule has 0 aromatic rings. The first-order valence-corrected chi connectivity index (χ1v) is 32.9. The summed E-state index contributed by atoms with van der Waals surface area (Å²) in [5.41, 5.74) is 0. The molecule has 0 rings (SSSR count). The highest BCUT2D eigenvalue weighted by molar-refractivity contribution is 5.36. The first kappa shape index (κ1) is 102. The average Bonchev–Trinajstić information content (AvgIpc) is 3.43. The van der Waals surface area contributed by atoms with Gasteiger partial charge < -0.3 is 24.3 Å². The third-order valence-electron chi connectivity index (χ3n) is 11.4. The van der Waals surface area contributed by atoms with Crippen molar-refractivity contribution in [2.75, 3.05) is 47.1 Å². The molecule has 0 aromatic carbocycles. The van der Waals surface area contributed by atoms with Crippen LogP contribution in [0.5, 0.6) is 0 Å². The molecule has 1 atom stereocenters. The Bertz CT molecular complexity index is 660. The van der Waals surface area contributed by atoms with Gasteiger partial charge in [0.15, 0.2) is 0 Å². The van der Waals surface area contributed by atoms with Gasteiger partial charge in [-0.3, -0.25) is 4.79 Å². The van der Waals surface area contributed by atoms with E-state index in [1.807, 2.05) is 20.6 Å². The number of rotatable bonds is 37. The van der Waals surface area contributed by atoms with Crippen molar-refractivity contribution in [1.82, 2.24) is 4.90 Å². The molecule has 0 aromatic heterocycles. The molecule has 0 heterocycles. The Labute approximate surface area is 475 Å². The van der Waals surface area contributed by atoms with Gasteiger partial charge in [-0.15, -0.1) is 0 Å². The number of aliphatic hydroxyl groups excluding tert-OH is 1. The van der Waals surface area contributed by atoms with E-state index in [9.17, 15) is 0 Å². The van der Waals surface area contributed by atoms with Crippen LogP contribution in [0.2, 0.25) is 0 Å². The van der Waals surface area contributed by atoms with Gasteiger partial charge in [0.25, 0.3) is 6.47 Å². The van der Waals surface area contributed by atoms with Crippen molar-refractivity contribution in [2.24, 2.45) is 11.8 Å². The summed E-state index contributed by atoms with van der Waals surface area (Å²) in [6.45, 7) is 53.4. The molecule has 0 aliphatic carbocycles. The number of ether oxygens (including phenoxy) is 2. The Morgan fingerprint density at radius 2 is 0.581 bits per heavy atom. The molecule has 6 heteroatoms. The summed E-state index contributed by atoms with van der Waals surface area (Å²) in [7, 11) is 3.05. The van der Waals surface area contributed by atoms with E-state index in [4.69, 9.17) is 19.4 Å². The molecule has 0 spiro atoms. The zero-order chi connectivity index (χ0) is 59.8. The van der Waals surface area contributed by atoms with Crippen molar-refractivity contribution in [3.05, 3.63) is 0 Å².